The lowest BCUT2D eigenvalue weighted by atomic mass is 10.00. The van der Waals surface area contributed by atoms with Gasteiger partial charge < -0.3 is 33.8 Å². The molecule has 0 aromatic carbocycles. The fourth-order valence-corrected chi connectivity index (χ4v) is 12.5. The van der Waals surface area contributed by atoms with Gasteiger partial charge in [-0.3, -0.25) is 37.3 Å². The molecule has 0 saturated carbocycles. The Kier molecular flexibility index (Phi) is 64.0. The summed E-state index contributed by atoms with van der Waals surface area (Å²) in [4.78, 5) is 72.6. The molecule has 0 aliphatic rings. The molecule has 6 atom stereocenters. The van der Waals surface area contributed by atoms with Crippen LogP contribution in [0.15, 0.2) is 0 Å². The molecular formula is C72H140O17P2. The summed E-state index contributed by atoms with van der Waals surface area (Å²) in [5.41, 5.74) is 0. The molecule has 0 aliphatic heterocycles. The Morgan fingerprint density at radius 2 is 0.527 bits per heavy atom. The number of carbonyl (C=O) groups excluding carboxylic acids is 4. The number of esters is 4. The third-order valence-electron chi connectivity index (χ3n) is 17.1. The van der Waals surface area contributed by atoms with Gasteiger partial charge in [0.1, 0.15) is 19.3 Å². The lowest BCUT2D eigenvalue weighted by Gasteiger charge is -2.21. The van der Waals surface area contributed by atoms with E-state index in [0.717, 1.165) is 102 Å². The van der Waals surface area contributed by atoms with Crippen LogP contribution in [0.5, 0.6) is 0 Å². The molecular weight excluding hydrogens is 1200 g/mol. The number of hydrogen-bond donors (Lipinski definition) is 3. The van der Waals surface area contributed by atoms with Crippen molar-refractivity contribution in [3.05, 3.63) is 0 Å². The van der Waals surface area contributed by atoms with E-state index >= 15 is 0 Å². The lowest BCUT2D eigenvalue weighted by Crippen LogP contribution is -2.30. The van der Waals surface area contributed by atoms with Gasteiger partial charge in [0.2, 0.25) is 0 Å². The molecule has 3 N–H and O–H groups in total. The SMILES string of the molecule is CCCCCCCCCCCCCCCCC(=O)OC[C@H](COP(=O)(O)OC[C@@H](O)COP(=O)(O)OC[C@@H](COC(=O)CCCCCCCCC(C)CC)OC(=O)CCCCCCCCCCCCCCC)OC(=O)CCCCCCCCCCCCCCCC. The summed E-state index contributed by atoms with van der Waals surface area (Å²) in [6.45, 7) is 7.23. The van der Waals surface area contributed by atoms with Crippen molar-refractivity contribution in [1.29, 1.82) is 0 Å². The fraction of sp³-hybridized carbons (Fsp3) is 0.944. The van der Waals surface area contributed by atoms with Gasteiger partial charge in [0, 0.05) is 25.7 Å². The van der Waals surface area contributed by atoms with Crippen LogP contribution >= 0.6 is 15.6 Å². The Morgan fingerprint density at radius 1 is 0.308 bits per heavy atom. The number of rotatable bonds is 72. The number of aliphatic hydroxyl groups is 1. The minimum Gasteiger partial charge on any atom is -0.462 e. The maximum Gasteiger partial charge on any atom is 0.472 e. The topological polar surface area (TPSA) is 237 Å². The van der Waals surface area contributed by atoms with Gasteiger partial charge >= 0.3 is 39.5 Å². The molecule has 0 fully saturated rings. The van der Waals surface area contributed by atoms with E-state index < -0.39 is 97.5 Å². The number of phosphoric ester groups is 2. The van der Waals surface area contributed by atoms with Crippen molar-refractivity contribution >= 4 is 39.5 Å². The molecule has 0 radical (unpaired) electrons. The molecule has 19 heteroatoms. The monoisotopic (exact) mass is 1340 g/mol. The minimum atomic E-state index is -4.95. The summed E-state index contributed by atoms with van der Waals surface area (Å²) in [6, 6.07) is 0. The van der Waals surface area contributed by atoms with E-state index in [1.807, 2.05) is 0 Å². The first-order valence-corrected chi connectivity index (χ1v) is 40.7. The number of phosphoric acid groups is 2. The summed E-state index contributed by atoms with van der Waals surface area (Å²) in [5.74, 6) is -1.39. The highest BCUT2D eigenvalue weighted by Gasteiger charge is 2.30. The predicted molar refractivity (Wildman–Crippen MR) is 368 cm³/mol. The molecule has 0 bridgehead atoms. The first-order chi connectivity index (χ1) is 44.1. The van der Waals surface area contributed by atoms with Gasteiger partial charge in [-0.25, -0.2) is 9.13 Å². The summed E-state index contributed by atoms with van der Waals surface area (Å²) >= 11 is 0. The first-order valence-electron chi connectivity index (χ1n) is 37.7. The van der Waals surface area contributed by atoms with Crippen molar-refractivity contribution in [2.45, 2.75) is 393 Å². The Hall–Kier alpha value is -1.94. The second-order valence-electron chi connectivity index (χ2n) is 26.2. The summed E-state index contributed by atoms with van der Waals surface area (Å²) in [5, 5.41) is 10.6. The first kappa shape index (κ1) is 89.1. The zero-order chi connectivity index (χ0) is 67.0. The molecule has 0 aliphatic carbocycles. The smallest absolute Gasteiger partial charge is 0.462 e. The maximum atomic E-state index is 13.0. The number of aliphatic hydroxyl groups excluding tert-OH is 1. The summed E-state index contributed by atoms with van der Waals surface area (Å²) in [7, 11) is -9.90. The van der Waals surface area contributed by atoms with Crippen LogP contribution in [0.4, 0.5) is 0 Å². The molecule has 0 heterocycles. The van der Waals surface area contributed by atoms with Crippen molar-refractivity contribution in [1.82, 2.24) is 0 Å². The van der Waals surface area contributed by atoms with Crippen molar-refractivity contribution < 1.29 is 80.2 Å². The highest BCUT2D eigenvalue weighted by molar-refractivity contribution is 7.47. The van der Waals surface area contributed by atoms with E-state index in [1.165, 1.54) is 193 Å². The van der Waals surface area contributed by atoms with Gasteiger partial charge in [0.05, 0.1) is 26.4 Å². The molecule has 0 rings (SSSR count). The van der Waals surface area contributed by atoms with Gasteiger partial charge in [-0.15, -0.1) is 0 Å². The molecule has 17 nitrogen and oxygen atoms in total. The van der Waals surface area contributed by atoms with Crippen LogP contribution in [-0.4, -0.2) is 96.7 Å². The molecule has 91 heavy (non-hydrogen) atoms. The summed E-state index contributed by atoms with van der Waals surface area (Å²) in [6.07, 6.45) is 52.5. The third-order valence-corrected chi connectivity index (χ3v) is 19.0. The fourth-order valence-electron chi connectivity index (χ4n) is 11.0. The molecule has 0 spiro atoms. The standard InChI is InChI=1S/C72H140O17P2/c1-6-10-13-16-19-22-25-28-31-33-36-39-45-50-55-69(74)82-61-67(88-71(76)58-53-48-41-38-35-32-29-26-23-20-17-14-11-7-2)63-86-90(78,79)84-59-66(73)60-85-91(80,81)87-64-68(62-83-70(75)56-51-46-43-42-44-49-54-65(5)9-4)89-72(77)57-52-47-40-37-34-30-27-24-21-18-15-12-8-3/h65-68,73H,6-64H2,1-5H3,(H,78,79)(H,80,81)/t65?,66-,67-,68-/m1/s1. The van der Waals surface area contributed by atoms with Crippen LogP contribution in [0.3, 0.4) is 0 Å². The molecule has 3 unspecified atom stereocenters. The van der Waals surface area contributed by atoms with Crippen molar-refractivity contribution in [2.75, 3.05) is 39.6 Å². The van der Waals surface area contributed by atoms with E-state index in [0.29, 0.717) is 25.7 Å². The van der Waals surface area contributed by atoms with E-state index in [1.54, 1.807) is 0 Å². The van der Waals surface area contributed by atoms with E-state index in [4.69, 9.17) is 37.0 Å². The van der Waals surface area contributed by atoms with Crippen molar-refractivity contribution in [2.24, 2.45) is 5.92 Å². The Bertz CT molecular complexity index is 1760. The molecule has 0 amide bonds. The predicted octanol–water partition coefficient (Wildman–Crippen LogP) is 20.9. The van der Waals surface area contributed by atoms with Gasteiger partial charge in [0.25, 0.3) is 0 Å². The second-order valence-corrected chi connectivity index (χ2v) is 29.1. The van der Waals surface area contributed by atoms with E-state index in [9.17, 15) is 43.2 Å². The molecule has 0 saturated heterocycles. The van der Waals surface area contributed by atoms with E-state index in [2.05, 4.69) is 34.6 Å². The lowest BCUT2D eigenvalue weighted by molar-refractivity contribution is -0.161. The minimum absolute atomic E-state index is 0.107. The van der Waals surface area contributed by atoms with Crippen LogP contribution in [0, 0.1) is 5.92 Å². The quantitative estimate of drug-likeness (QED) is 0.0222. The van der Waals surface area contributed by atoms with Gasteiger partial charge in [-0.05, 0) is 31.6 Å². The van der Waals surface area contributed by atoms with Crippen LogP contribution in [-0.2, 0) is 65.4 Å². The Morgan fingerprint density at radius 3 is 0.780 bits per heavy atom. The van der Waals surface area contributed by atoms with Crippen LogP contribution in [0.2, 0.25) is 0 Å². The zero-order valence-corrected chi connectivity index (χ0v) is 60.8. The van der Waals surface area contributed by atoms with Gasteiger partial charge in [-0.1, -0.05) is 324 Å². The maximum absolute atomic E-state index is 13.0. The second kappa shape index (κ2) is 65.4. The Balaban J connectivity index is 5.25. The van der Waals surface area contributed by atoms with Crippen LogP contribution in [0.1, 0.15) is 375 Å². The summed E-state index contributed by atoms with van der Waals surface area (Å²) < 4.78 is 68.4. The molecule has 0 aromatic heterocycles. The number of hydrogen-bond acceptors (Lipinski definition) is 15. The van der Waals surface area contributed by atoms with Crippen molar-refractivity contribution in [3.63, 3.8) is 0 Å². The highest BCUT2D eigenvalue weighted by atomic mass is 31.2. The highest BCUT2D eigenvalue weighted by Crippen LogP contribution is 2.45. The van der Waals surface area contributed by atoms with Gasteiger partial charge in [0.15, 0.2) is 12.2 Å². The zero-order valence-electron chi connectivity index (χ0n) is 59.0. The number of ether oxygens (including phenoxy) is 4. The van der Waals surface area contributed by atoms with Crippen LogP contribution in [0.25, 0.3) is 0 Å². The van der Waals surface area contributed by atoms with Crippen molar-refractivity contribution in [3.8, 4) is 0 Å². The average Bonchev–Trinajstić information content (AvgIpc) is 3.41. The largest absolute Gasteiger partial charge is 0.472 e. The van der Waals surface area contributed by atoms with Crippen LogP contribution < -0.4 is 0 Å². The average molecular weight is 1340 g/mol. The van der Waals surface area contributed by atoms with Gasteiger partial charge in [-0.2, -0.15) is 0 Å². The Labute approximate surface area is 556 Å². The normalized spacial score (nSPS) is 14.3. The van der Waals surface area contributed by atoms with E-state index in [-0.39, 0.29) is 25.7 Å². The third kappa shape index (κ3) is 65.1. The number of unbranched alkanes of at least 4 members (excludes halogenated alkanes) is 43. The number of carbonyl (C=O) groups is 4. The molecule has 540 valence electrons. The molecule has 0 aromatic rings.